The zero-order valence-electron chi connectivity index (χ0n) is 8.35. The summed E-state index contributed by atoms with van der Waals surface area (Å²) in [7, 11) is -1.00. The third-order valence-electron chi connectivity index (χ3n) is 1.37. The summed E-state index contributed by atoms with van der Waals surface area (Å²) >= 11 is 0. The third-order valence-corrected chi connectivity index (χ3v) is 3.25. The minimum atomic E-state index is -1.00. The fraction of sp³-hybridized carbons (Fsp3) is 0.778. The van der Waals surface area contributed by atoms with Crippen molar-refractivity contribution in [3.63, 3.8) is 0 Å². The van der Waals surface area contributed by atoms with E-state index in [1.165, 1.54) is 5.57 Å². The maximum atomic E-state index is 5.47. The summed E-state index contributed by atoms with van der Waals surface area (Å²) in [6, 6.07) is 1.02. The lowest BCUT2D eigenvalue weighted by molar-refractivity contribution is 0.213. The smallest absolute Gasteiger partial charge is 0.384 e. The first-order valence-electron chi connectivity index (χ1n) is 4.46. The molecule has 0 rings (SSSR count). The molecular formula is C9H19O2Si. The lowest BCUT2D eigenvalue weighted by Crippen LogP contribution is -2.22. The average Bonchev–Trinajstić information content (AvgIpc) is 2.01. The topological polar surface area (TPSA) is 18.5 Å². The second kappa shape index (κ2) is 7.52. The summed E-state index contributed by atoms with van der Waals surface area (Å²) in [5.74, 6) is 0. The van der Waals surface area contributed by atoms with Gasteiger partial charge in [-0.25, -0.2) is 0 Å². The van der Waals surface area contributed by atoms with Crippen molar-refractivity contribution < 1.29 is 8.85 Å². The Balaban J connectivity index is 3.54. The summed E-state index contributed by atoms with van der Waals surface area (Å²) in [6.07, 6.45) is 1.02. The minimum absolute atomic E-state index is 0.754. The summed E-state index contributed by atoms with van der Waals surface area (Å²) in [4.78, 5) is 0. The molecule has 0 N–H and O–H groups in total. The van der Waals surface area contributed by atoms with E-state index < -0.39 is 9.28 Å². The molecule has 1 radical (unpaired) electrons. The summed E-state index contributed by atoms with van der Waals surface area (Å²) < 4.78 is 10.9. The predicted molar refractivity (Wildman–Crippen MR) is 53.2 cm³/mol. The normalized spacial score (nSPS) is 10.7. The summed E-state index contributed by atoms with van der Waals surface area (Å²) in [5, 5.41) is 0. The van der Waals surface area contributed by atoms with Gasteiger partial charge in [0, 0.05) is 13.2 Å². The zero-order valence-corrected chi connectivity index (χ0v) is 9.35. The van der Waals surface area contributed by atoms with E-state index in [0.29, 0.717) is 0 Å². The van der Waals surface area contributed by atoms with Crippen LogP contribution in [0.1, 0.15) is 27.2 Å². The Hall–Kier alpha value is -0.123. The van der Waals surface area contributed by atoms with E-state index in [2.05, 4.69) is 6.58 Å². The molecule has 0 saturated heterocycles. The molecule has 0 heterocycles. The number of allylic oxidation sites excluding steroid dienone is 1. The Labute approximate surface area is 77.4 Å². The van der Waals surface area contributed by atoms with Gasteiger partial charge in [0.1, 0.15) is 0 Å². The number of hydrogen-bond acceptors (Lipinski definition) is 2. The van der Waals surface area contributed by atoms with Gasteiger partial charge in [0.15, 0.2) is 0 Å². The molecule has 0 atom stereocenters. The van der Waals surface area contributed by atoms with E-state index in [1.807, 2.05) is 20.8 Å². The van der Waals surface area contributed by atoms with Gasteiger partial charge in [0.2, 0.25) is 0 Å². The van der Waals surface area contributed by atoms with Crippen LogP contribution in [0, 0.1) is 0 Å². The van der Waals surface area contributed by atoms with Crippen molar-refractivity contribution in [1.82, 2.24) is 0 Å². The largest absolute Gasteiger partial charge is 0.394 e. The van der Waals surface area contributed by atoms with Gasteiger partial charge < -0.3 is 8.85 Å². The molecule has 0 unspecified atom stereocenters. The Morgan fingerprint density at radius 3 is 2.08 bits per heavy atom. The Bertz CT molecular complexity index is 120. The highest BCUT2D eigenvalue weighted by Crippen LogP contribution is 2.07. The van der Waals surface area contributed by atoms with E-state index in [0.717, 1.165) is 25.7 Å². The summed E-state index contributed by atoms with van der Waals surface area (Å²) in [6.45, 7) is 11.4. The van der Waals surface area contributed by atoms with Gasteiger partial charge in [-0.3, -0.25) is 0 Å². The number of rotatable bonds is 7. The van der Waals surface area contributed by atoms with E-state index >= 15 is 0 Å². The van der Waals surface area contributed by atoms with Crippen LogP contribution in [-0.4, -0.2) is 22.5 Å². The molecule has 0 aliphatic heterocycles. The fourth-order valence-corrected chi connectivity index (χ4v) is 2.47. The average molecular weight is 187 g/mol. The predicted octanol–water partition coefficient (Wildman–Crippen LogP) is 2.51. The quantitative estimate of drug-likeness (QED) is 0.450. The van der Waals surface area contributed by atoms with Gasteiger partial charge in [-0.15, -0.1) is 6.58 Å². The SMILES string of the molecule is C=C(C)CC[Si](OCC)OCC. The molecule has 0 aromatic carbocycles. The van der Waals surface area contributed by atoms with Crippen LogP contribution in [0.15, 0.2) is 12.2 Å². The van der Waals surface area contributed by atoms with Gasteiger partial charge >= 0.3 is 9.28 Å². The van der Waals surface area contributed by atoms with Crippen LogP contribution in [0.3, 0.4) is 0 Å². The molecule has 71 valence electrons. The molecule has 0 bridgehead atoms. The lowest BCUT2D eigenvalue weighted by Gasteiger charge is -2.12. The third kappa shape index (κ3) is 6.58. The van der Waals surface area contributed by atoms with Crippen molar-refractivity contribution in [1.29, 1.82) is 0 Å². The first kappa shape index (κ1) is 11.9. The van der Waals surface area contributed by atoms with Crippen molar-refractivity contribution >= 4 is 9.28 Å². The Kier molecular flexibility index (Phi) is 7.44. The molecule has 0 aliphatic carbocycles. The Morgan fingerprint density at radius 1 is 1.25 bits per heavy atom. The van der Waals surface area contributed by atoms with Crippen molar-refractivity contribution in [2.45, 2.75) is 33.2 Å². The highest BCUT2D eigenvalue weighted by atomic mass is 28.3. The molecule has 0 fully saturated rings. The van der Waals surface area contributed by atoms with Crippen molar-refractivity contribution in [2.24, 2.45) is 0 Å². The van der Waals surface area contributed by atoms with Crippen LogP contribution >= 0.6 is 0 Å². The highest BCUT2D eigenvalue weighted by molar-refractivity contribution is 6.44. The van der Waals surface area contributed by atoms with E-state index in [4.69, 9.17) is 8.85 Å². The molecule has 0 saturated carbocycles. The van der Waals surface area contributed by atoms with Gasteiger partial charge in [-0.1, -0.05) is 5.57 Å². The summed E-state index contributed by atoms with van der Waals surface area (Å²) in [5.41, 5.74) is 1.21. The maximum Gasteiger partial charge on any atom is 0.384 e. The van der Waals surface area contributed by atoms with Gasteiger partial charge in [-0.2, -0.15) is 0 Å². The standard InChI is InChI=1S/C9H19O2Si/c1-5-10-12(11-6-2)8-7-9(3)4/h3,5-8H2,1-2,4H3. The molecule has 12 heavy (non-hydrogen) atoms. The van der Waals surface area contributed by atoms with Gasteiger partial charge in [-0.05, 0) is 33.2 Å². The van der Waals surface area contributed by atoms with Crippen LogP contribution < -0.4 is 0 Å². The maximum absolute atomic E-state index is 5.47. The van der Waals surface area contributed by atoms with E-state index in [-0.39, 0.29) is 0 Å². The lowest BCUT2D eigenvalue weighted by atomic mass is 10.3. The Morgan fingerprint density at radius 2 is 1.75 bits per heavy atom. The minimum Gasteiger partial charge on any atom is -0.394 e. The fourth-order valence-electron chi connectivity index (χ4n) is 0.823. The first-order valence-corrected chi connectivity index (χ1v) is 5.98. The van der Waals surface area contributed by atoms with Crippen LogP contribution in [0.25, 0.3) is 0 Å². The highest BCUT2D eigenvalue weighted by Gasteiger charge is 2.13. The molecule has 0 aliphatic rings. The van der Waals surface area contributed by atoms with Crippen LogP contribution in [0.2, 0.25) is 6.04 Å². The van der Waals surface area contributed by atoms with Crippen LogP contribution in [-0.2, 0) is 8.85 Å². The van der Waals surface area contributed by atoms with E-state index in [9.17, 15) is 0 Å². The van der Waals surface area contributed by atoms with Crippen LogP contribution in [0.4, 0.5) is 0 Å². The zero-order chi connectivity index (χ0) is 9.40. The van der Waals surface area contributed by atoms with Crippen molar-refractivity contribution in [3.8, 4) is 0 Å². The molecule has 0 spiro atoms. The van der Waals surface area contributed by atoms with Crippen molar-refractivity contribution in [2.75, 3.05) is 13.2 Å². The molecule has 0 aromatic rings. The second-order valence-electron chi connectivity index (χ2n) is 2.70. The monoisotopic (exact) mass is 187 g/mol. The second-order valence-corrected chi connectivity index (χ2v) is 4.52. The van der Waals surface area contributed by atoms with Crippen molar-refractivity contribution in [3.05, 3.63) is 12.2 Å². The van der Waals surface area contributed by atoms with E-state index in [1.54, 1.807) is 0 Å². The van der Waals surface area contributed by atoms with Gasteiger partial charge in [0.05, 0.1) is 0 Å². The molecular weight excluding hydrogens is 168 g/mol. The molecule has 2 nitrogen and oxygen atoms in total. The van der Waals surface area contributed by atoms with Crippen LogP contribution in [0.5, 0.6) is 0 Å². The first-order chi connectivity index (χ1) is 5.70. The molecule has 0 aromatic heterocycles. The molecule has 3 heteroatoms. The molecule has 0 amide bonds. The number of hydrogen-bond donors (Lipinski definition) is 0. The van der Waals surface area contributed by atoms with Gasteiger partial charge in [0.25, 0.3) is 0 Å².